The summed E-state index contributed by atoms with van der Waals surface area (Å²) in [5.41, 5.74) is -0.191. The monoisotopic (exact) mass is 241 g/mol. The highest BCUT2D eigenvalue weighted by atomic mass is 19.1. The van der Waals surface area contributed by atoms with Crippen molar-refractivity contribution in [2.24, 2.45) is 0 Å². The number of aliphatic hydroxyl groups excluding tert-OH is 2. The van der Waals surface area contributed by atoms with E-state index in [2.05, 4.69) is 0 Å². The van der Waals surface area contributed by atoms with E-state index in [4.69, 9.17) is 5.11 Å². The Labute approximate surface area is 96.7 Å². The van der Waals surface area contributed by atoms with Gasteiger partial charge in [0, 0.05) is 19.2 Å². The highest BCUT2D eigenvalue weighted by molar-refractivity contribution is 5.94. The van der Waals surface area contributed by atoms with Crippen molar-refractivity contribution in [3.8, 4) is 5.75 Å². The molecule has 0 radical (unpaired) electrons. The van der Waals surface area contributed by atoms with Gasteiger partial charge in [-0.05, 0) is 12.1 Å². The van der Waals surface area contributed by atoms with E-state index >= 15 is 0 Å². The van der Waals surface area contributed by atoms with E-state index in [0.717, 1.165) is 6.07 Å². The Morgan fingerprint density at radius 1 is 1.29 bits per heavy atom. The molecule has 0 unspecified atom stereocenters. The summed E-state index contributed by atoms with van der Waals surface area (Å²) in [6.07, 6.45) is -2.00. The zero-order valence-corrected chi connectivity index (χ0v) is 8.88. The fraction of sp³-hybridized carbons (Fsp3) is 0.364. The van der Waals surface area contributed by atoms with Crippen LogP contribution in [0.1, 0.15) is 10.4 Å². The van der Waals surface area contributed by atoms with E-state index in [-0.39, 0.29) is 24.4 Å². The molecule has 1 aliphatic rings. The number of phenolic OH excluding ortho intramolecular Hbond substituents is 1. The van der Waals surface area contributed by atoms with Gasteiger partial charge in [0.25, 0.3) is 5.91 Å². The molecule has 1 aliphatic heterocycles. The minimum atomic E-state index is -1.00. The van der Waals surface area contributed by atoms with Crippen LogP contribution in [0.2, 0.25) is 0 Å². The van der Waals surface area contributed by atoms with Crippen molar-refractivity contribution in [3.05, 3.63) is 29.6 Å². The first-order valence-electron chi connectivity index (χ1n) is 5.13. The van der Waals surface area contributed by atoms with Gasteiger partial charge in [0.1, 0.15) is 11.6 Å². The minimum Gasteiger partial charge on any atom is -0.508 e. The van der Waals surface area contributed by atoms with E-state index in [0.29, 0.717) is 0 Å². The van der Waals surface area contributed by atoms with Gasteiger partial charge in [0.2, 0.25) is 0 Å². The minimum absolute atomic E-state index is 0.0275. The number of carbonyl (C=O) groups is 1. The largest absolute Gasteiger partial charge is 0.508 e. The first-order chi connectivity index (χ1) is 7.99. The molecule has 2 atom stereocenters. The Balaban J connectivity index is 2.20. The standard InChI is InChI=1S/C11H12FNO4/c12-8-3-6(14)1-2-7(8)11(17)13-4-9(15)10(16)5-13/h1-3,9-10,14-16H,4-5H2/t9-,10+. The second-order valence-electron chi connectivity index (χ2n) is 4.01. The highest BCUT2D eigenvalue weighted by Gasteiger charge is 2.33. The van der Waals surface area contributed by atoms with Gasteiger partial charge in [0.15, 0.2) is 0 Å². The fourth-order valence-corrected chi connectivity index (χ4v) is 1.78. The molecule has 1 amide bonds. The molecule has 0 aromatic heterocycles. The number of carbonyl (C=O) groups excluding carboxylic acids is 1. The quantitative estimate of drug-likeness (QED) is 0.631. The maximum atomic E-state index is 13.4. The number of aromatic hydroxyl groups is 1. The maximum Gasteiger partial charge on any atom is 0.257 e. The topological polar surface area (TPSA) is 81.0 Å². The zero-order valence-electron chi connectivity index (χ0n) is 8.88. The third-order valence-electron chi connectivity index (χ3n) is 2.73. The number of rotatable bonds is 1. The molecule has 6 heteroatoms. The fourth-order valence-electron chi connectivity index (χ4n) is 1.78. The molecule has 3 N–H and O–H groups in total. The molecule has 1 saturated heterocycles. The van der Waals surface area contributed by atoms with Gasteiger partial charge >= 0.3 is 0 Å². The van der Waals surface area contributed by atoms with Gasteiger partial charge in [-0.2, -0.15) is 0 Å². The van der Waals surface area contributed by atoms with E-state index in [1.54, 1.807) is 0 Å². The van der Waals surface area contributed by atoms with Crippen LogP contribution < -0.4 is 0 Å². The van der Waals surface area contributed by atoms with Gasteiger partial charge in [-0.15, -0.1) is 0 Å². The molecule has 1 fully saturated rings. The van der Waals surface area contributed by atoms with Gasteiger partial charge in [-0.25, -0.2) is 4.39 Å². The lowest BCUT2D eigenvalue weighted by Crippen LogP contribution is -2.30. The van der Waals surface area contributed by atoms with Crippen molar-refractivity contribution in [3.63, 3.8) is 0 Å². The predicted octanol–water partition coefficient (Wildman–Crippen LogP) is -0.291. The predicted molar refractivity (Wildman–Crippen MR) is 56.0 cm³/mol. The van der Waals surface area contributed by atoms with Crippen LogP contribution in [0.4, 0.5) is 4.39 Å². The summed E-state index contributed by atoms with van der Waals surface area (Å²) < 4.78 is 13.4. The van der Waals surface area contributed by atoms with Crippen molar-refractivity contribution < 1.29 is 24.5 Å². The summed E-state index contributed by atoms with van der Waals surface area (Å²) in [6.45, 7) is -0.0549. The molecule has 0 bridgehead atoms. The number of aliphatic hydroxyl groups is 2. The molecular weight excluding hydrogens is 229 g/mol. The summed E-state index contributed by atoms with van der Waals surface area (Å²) in [6, 6.07) is 3.22. The number of amides is 1. The molecule has 5 nitrogen and oxygen atoms in total. The van der Waals surface area contributed by atoms with E-state index in [1.807, 2.05) is 0 Å². The third-order valence-corrected chi connectivity index (χ3v) is 2.73. The number of benzene rings is 1. The van der Waals surface area contributed by atoms with Crippen molar-refractivity contribution >= 4 is 5.91 Å². The van der Waals surface area contributed by atoms with Crippen LogP contribution in [0.15, 0.2) is 18.2 Å². The number of hydrogen-bond acceptors (Lipinski definition) is 4. The molecule has 2 rings (SSSR count). The normalized spacial score (nSPS) is 24.1. The molecular formula is C11H12FNO4. The Bertz CT molecular complexity index is 441. The Morgan fingerprint density at radius 2 is 1.88 bits per heavy atom. The van der Waals surface area contributed by atoms with Crippen LogP contribution >= 0.6 is 0 Å². The van der Waals surface area contributed by atoms with Crippen LogP contribution in [0.5, 0.6) is 5.75 Å². The van der Waals surface area contributed by atoms with Crippen molar-refractivity contribution in [1.82, 2.24) is 4.90 Å². The summed E-state index contributed by atoms with van der Waals surface area (Å²) in [4.78, 5) is 13.0. The second-order valence-corrected chi connectivity index (χ2v) is 4.01. The van der Waals surface area contributed by atoms with E-state index in [1.165, 1.54) is 17.0 Å². The lowest BCUT2D eigenvalue weighted by atomic mass is 10.2. The highest BCUT2D eigenvalue weighted by Crippen LogP contribution is 2.19. The number of β-amino-alcohol motifs (C(OH)–C–C–N with tert-alkyl or cyclic N) is 2. The van der Waals surface area contributed by atoms with Crippen LogP contribution in [-0.4, -0.2) is 51.4 Å². The summed E-state index contributed by atoms with van der Waals surface area (Å²) in [5.74, 6) is -1.70. The molecule has 0 aliphatic carbocycles. The van der Waals surface area contributed by atoms with Crippen molar-refractivity contribution in [2.45, 2.75) is 12.2 Å². The summed E-state index contributed by atoms with van der Waals surface area (Å²) in [7, 11) is 0. The first-order valence-corrected chi connectivity index (χ1v) is 5.13. The van der Waals surface area contributed by atoms with Crippen LogP contribution in [0, 0.1) is 5.82 Å². The summed E-state index contributed by atoms with van der Waals surface area (Å²) >= 11 is 0. The SMILES string of the molecule is O=C(c1ccc(O)cc1F)N1C[C@@H](O)[C@@H](O)C1. The Kier molecular flexibility index (Phi) is 2.99. The average Bonchev–Trinajstić information content (AvgIpc) is 2.58. The first kappa shape index (κ1) is 11.8. The van der Waals surface area contributed by atoms with Crippen LogP contribution in [-0.2, 0) is 0 Å². The molecule has 1 aromatic carbocycles. The van der Waals surface area contributed by atoms with Crippen molar-refractivity contribution in [2.75, 3.05) is 13.1 Å². The van der Waals surface area contributed by atoms with Gasteiger partial charge in [-0.3, -0.25) is 4.79 Å². The second kappa shape index (κ2) is 4.31. The third kappa shape index (κ3) is 2.22. The van der Waals surface area contributed by atoms with Crippen LogP contribution in [0.25, 0.3) is 0 Å². The van der Waals surface area contributed by atoms with E-state index in [9.17, 15) is 19.4 Å². The van der Waals surface area contributed by atoms with Gasteiger partial charge < -0.3 is 20.2 Å². The number of likely N-dealkylation sites (tertiary alicyclic amines) is 1. The lowest BCUT2D eigenvalue weighted by Gasteiger charge is -2.15. The molecule has 0 spiro atoms. The number of nitrogens with zero attached hydrogens (tertiary/aromatic N) is 1. The molecule has 1 heterocycles. The Hall–Kier alpha value is -1.66. The molecule has 92 valence electrons. The van der Waals surface area contributed by atoms with E-state index < -0.39 is 23.9 Å². The number of hydrogen-bond donors (Lipinski definition) is 3. The smallest absolute Gasteiger partial charge is 0.257 e. The average molecular weight is 241 g/mol. The molecule has 1 aromatic rings. The zero-order chi connectivity index (χ0) is 12.6. The van der Waals surface area contributed by atoms with Crippen LogP contribution in [0.3, 0.4) is 0 Å². The van der Waals surface area contributed by atoms with Gasteiger partial charge in [0.05, 0.1) is 17.8 Å². The number of phenols is 1. The summed E-state index contributed by atoms with van der Waals surface area (Å²) in [5, 5.41) is 27.6. The lowest BCUT2D eigenvalue weighted by molar-refractivity contribution is 0.0572. The molecule has 0 saturated carbocycles. The number of halogens is 1. The molecule has 17 heavy (non-hydrogen) atoms. The Morgan fingerprint density at radius 3 is 2.41 bits per heavy atom. The maximum absolute atomic E-state index is 13.4. The van der Waals surface area contributed by atoms with Gasteiger partial charge in [-0.1, -0.05) is 0 Å². The van der Waals surface area contributed by atoms with Crippen molar-refractivity contribution in [1.29, 1.82) is 0 Å².